The Bertz CT molecular complexity index is 525. The highest BCUT2D eigenvalue weighted by Gasteiger charge is 2.08. The summed E-state index contributed by atoms with van der Waals surface area (Å²) >= 11 is 0. The predicted molar refractivity (Wildman–Crippen MR) is 76.8 cm³/mol. The lowest BCUT2D eigenvalue weighted by Crippen LogP contribution is -2.28. The van der Waals surface area contributed by atoms with Crippen LogP contribution < -0.4 is 5.32 Å². The number of carbonyl (C=O) groups excluding carboxylic acids is 1. The summed E-state index contributed by atoms with van der Waals surface area (Å²) in [6.07, 6.45) is 0.420. The topological polar surface area (TPSA) is 49.3 Å². The van der Waals surface area contributed by atoms with E-state index in [9.17, 15) is 9.90 Å². The highest BCUT2D eigenvalue weighted by molar-refractivity contribution is 5.76. The summed E-state index contributed by atoms with van der Waals surface area (Å²) in [5, 5.41) is 12.6. The van der Waals surface area contributed by atoms with Crippen LogP contribution in [0.25, 0.3) is 0 Å². The highest BCUT2D eigenvalue weighted by Crippen LogP contribution is 2.09. The van der Waals surface area contributed by atoms with Gasteiger partial charge in [0, 0.05) is 13.0 Å². The van der Waals surface area contributed by atoms with Gasteiger partial charge in [-0.1, -0.05) is 42.5 Å². The van der Waals surface area contributed by atoms with E-state index in [1.165, 1.54) is 0 Å². The second-order valence-electron chi connectivity index (χ2n) is 4.57. The van der Waals surface area contributed by atoms with Gasteiger partial charge >= 0.3 is 0 Å². The number of aryl methyl sites for hydroxylation is 1. The van der Waals surface area contributed by atoms with Crippen molar-refractivity contribution in [3.63, 3.8) is 0 Å². The van der Waals surface area contributed by atoms with E-state index >= 15 is 0 Å². The largest absolute Gasteiger partial charge is 0.387 e. The summed E-state index contributed by atoms with van der Waals surface area (Å²) in [6.45, 7) is 0.214. The van der Waals surface area contributed by atoms with E-state index in [4.69, 9.17) is 0 Å². The van der Waals surface area contributed by atoms with Crippen LogP contribution in [0.4, 0.5) is 0 Å². The molecule has 2 rings (SSSR count). The van der Waals surface area contributed by atoms with Gasteiger partial charge in [0.25, 0.3) is 0 Å². The first-order valence-corrected chi connectivity index (χ1v) is 6.62. The lowest BCUT2D eigenvalue weighted by Gasteiger charge is -2.11. The molecule has 0 fully saturated rings. The molecule has 3 heteroatoms. The van der Waals surface area contributed by atoms with E-state index in [0.29, 0.717) is 12.8 Å². The molecule has 20 heavy (non-hydrogen) atoms. The van der Waals surface area contributed by atoms with Crippen LogP contribution in [0.3, 0.4) is 0 Å². The molecule has 0 bridgehead atoms. The fourth-order valence-corrected chi connectivity index (χ4v) is 1.89. The van der Waals surface area contributed by atoms with Gasteiger partial charge in [-0.3, -0.25) is 4.79 Å². The number of carbonyl (C=O) groups is 1. The van der Waals surface area contributed by atoms with Gasteiger partial charge in [-0.05, 0) is 35.7 Å². The summed E-state index contributed by atoms with van der Waals surface area (Å²) in [5.74, 6) is -0.0561. The van der Waals surface area contributed by atoms with E-state index in [-0.39, 0.29) is 12.5 Å². The molecule has 1 amide bonds. The second kappa shape index (κ2) is 7.32. The monoisotopic (exact) mass is 267 g/mol. The first-order chi connectivity index (χ1) is 9.75. The zero-order valence-electron chi connectivity index (χ0n) is 11.2. The zero-order valence-corrected chi connectivity index (χ0v) is 11.2. The van der Waals surface area contributed by atoms with Crippen LogP contribution in [0.5, 0.6) is 0 Å². The quantitative estimate of drug-likeness (QED) is 0.841. The lowest BCUT2D eigenvalue weighted by molar-refractivity contribution is -0.121. The maximum Gasteiger partial charge on any atom is 0.220 e. The molecular formula is C17H17NO2. The van der Waals surface area contributed by atoms with Crippen molar-refractivity contribution in [3.05, 3.63) is 71.8 Å². The van der Waals surface area contributed by atoms with E-state index in [1.54, 1.807) is 18.2 Å². The van der Waals surface area contributed by atoms with Gasteiger partial charge < -0.3 is 10.4 Å². The Labute approximate surface area is 119 Å². The molecule has 0 heterocycles. The number of hydrogen-bond acceptors (Lipinski definition) is 2. The lowest BCUT2D eigenvalue weighted by atomic mass is 10.1. The molecule has 102 valence electrons. The van der Waals surface area contributed by atoms with Gasteiger partial charge in [-0.2, -0.15) is 0 Å². The Balaban J connectivity index is 1.73. The highest BCUT2D eigenvalue weighted by atomic mass is 16.3. The Morgan fingerprint density at radius 1 is 1.20 bits per heavy atom. The molecule has 3 nitrogen and oxygen atoms in total. The Morgan fingerprint density at radius 3 is 2.70 bits per heavy atom. The Kier molecular flexibility index (Phi) is 5.16. The summed E-state index contributed by atoms with van der Waals surface area (Å²) in [4.78, 5) is 11.7. The van der Waals surface area contributed by atoms with E-state index in [0.717, 1.165) is 11.1 Å². The molecule has 0 radical (unpaired) electrons. The number of amides is 1. The van der Waals surface area contributed by atoms with Gasteiger partial charge in [-0.25, -0.2) is 0 Å². The SMILES string of the molecule is O=C(CCc1ccccc1)NC[C@@H](O)c1cc#ccc1. The Hall–Kier alpha value is -2.31. The molecule has 0 aliphatic heterocycles. The van der Waals surface area contributed by atoms with Crippen LogP contribution in [0, 0.1) is 12.1 Å². The zero-order chi connectivity index (χ0) is 14.2. The fraction of sp³-hybridized carbons (Fsp3) is 0.235. The molecule has 1 atom stereocenters. The molecule has 2 aromatic rings. The third-order valence-corrected chi connectivity index (χ3v) is 3.04. The van der Waals surface area contributed by atoms with Gasteiger partial charge in [0.05, 0.1) is 6.10 Å². The minimum atomic E-state index is -0.707. The van der Waals surface area contributed by atoms with Crippen LogP contribution in [-0.2, 0) is 11.2 Å². The molecule has 0 spiro atoms. The van der Waals surface area contributed by atoms with Crippen molar-refractivity contribution in [2.75, 3.05) is 6.54 Å². The molecular weight excluding hydrogens is 250 g/mol. The van der Waals surface area contributed by atoms with Crippen LogP contribution in [0.2, 0.25) is 0 Å². The number of nitrogens with one attached hydrogen (secondary N) is 1. The van der Waals surface area contributed by atoms with Gasteiger partial charge in [0.2, 0.25) is 5.91 Å². The average Bonchev–Trinajstić information content (AvgIpc) is 2.52. The van der Waals surface area contributed by atoms with Gasteiger partial charge in [0.1, 0.15) is 0 Å². The fourth-order valence-electron chi connectivity index (χ4n) is 1.89. The standard InChI is InChI=1S/C17H17NO2/c19-16(15-9-5-2-6-10-15)13-18-17(20)12-11-14-7-3-1-4-8-14/h1,3-5,7-10,16,19H,11-13H2,(H,18,20)/t16-/m1/s1. The van der Waals surface area contributed by atoms with E-state index in [1.807, 2.05) is 30.3 Å². The first-order valence-electron chi connectivity index (χ1n) is 6.62. The summed E-state index contributed by atoms with van der Waals surface area (Å²) in [5.41, 5.74) is 1.86. The number of aliphatic hydroxyl groups excluding tert-OH is 1. The third kappa shape index (κ3) is 4.42. The van der Waals surface area contributed by atoms with Crippen LogP contribution in [0.15, 0.2) is 48.5 Å². The molecule has 2 aromatic carbocycles. The maximum atomic E-state index is 11.7. The number of benzene rings is 1. The van der Waals surface area contributed by atoms with Crippen molar-refractivity contribution in [2.45, 2.75) is 18.9 Å². The molecule has 0 saturated carbocycles. The summed E-state index contributed by atoms with van der Waals surface area (Å²) < 4.78 is 0. The second-order valence-corrected chi connectivity index (χ2v) is 4.57. The normalized spacial score (nSPS) is 11.4. The minimum Gasteiger partial charge on any atom is -0.387 e. The Morgan fingerprint density at radius 2 is 2.00 bits per heavy atom. The predicted octanol–water partition coefficient (Wildman–Crippen LogP) is 2.07. The van der Waals surface area contributed by atoms with E-state index < -0.39 is 6.10 Å². The number of hydrogen-bond donors (Lipinski definition) is 2. The molecule has 0 aromatic heterocycles. The van der Waals surface area contributed by atoms with Crippen LogP contribution in [0.1, 0.15) is 23.7 Å². The first kappa shape index (κ1) is 14.1. The van der Waals surface area contributed by atoms with Gasteiger partial charge in [0.15, 0.2) is 0 Å². The molecule has 0 unspecified atom stereocenters. The van der Waals surface area contributed by atoms with Crippen molar-refractivity contribution in [1.29, 1.82) is 0 Å². The van der Waals surface area contributed by atoms with Crippen LogP contribution in [-0.4, -0.2) is 17.6 Å². The van der Waals surface area contributed by atoms with Crippen molar-refractivity contribution >= 4 is 5.91 Å². The van der Waals surface area contributed by atoms with Crippen molar-refractivity contribution in [3.8, 4) is 0 Å². The molecule has 0 aliphatic rings. The average molecular weight is 267 g/mol. The maximum absolute atomic E-state index is 11.7. The molecule has 2 N–H and O–H groups in total. The third-order valence-electron chi connectivity index (χ3n) is 3.04. The summed E-state index contributed by atoms with van der Waals surface area (Å²) in [6, 6.07) is 20.5. The smallest absolute Gasteiger partial charge is 0.220 e. The molecule has 0 saturated heterocycles. The minimum absolute atomic E-state index is 0.0561. The van der Waals surface area contributed by atoms with Gasteiger partial charge in [-0.15, -0.1) is 0 Å². The van der Waals surface area contributed by atoms with Crippen LogP contribution >= 0.6 is 0 Å². The number of aliphatic hydroxyl groups is 1. The molecule has 0 aliphatic carbocycles. The van der Waals surface area contributed by atoms with Crippen molar-refractivity contribution in [1.82, 2.24) is 5.32 Å². The van der Waals surface area contributed by atoms with E-state index in [2.05, 4.69) is 17.4 Å². The van der Waals surface area contributed by atoms with Crippen molar-refractivity contribution in [2.24, 2.45) is 0 Å². The number of rotatable bonds is 6. The summed E-state index contributed by atoms with van der Waals surface area (Å²) in [7, 11) is 0. The van der Waals surface area contributed by atoms with Crippen molar-refractivity contribution < 1.29 is 9.90 Å².